The number of nitrogens with zero attached hydrogens (tertiary/aromatic N) is 2. The number of hydrogen-bond donors (Lipinski definition) is 0. The van der Waals surface area contributed by atoms with Gasteiger partial charge >= 0.3 is 0 Å². The van der Waals surface area contributed by atoms with Gasteiger partial charge in [-0.3, -0.25) is 9.36 Å². The summed E-state index contributed by atoms with van der Waals surface area (Å²) in [4.78, 5) is 17.7. The minimum absolute atomic E-state index is 0.228. The van der Waals surface area contributed by atoms with Crippen LogP contribution in [0.4, 0.5) is 4.39 Å². The Morgan fingerprint density at radius 3 is 2.25 bits per heavy atom. The van der Waals surface area contributed by atoms with Crippen LogP contribution in [-0.4, -0.2) is 9.55 Å². The van der Waals surface area contributed by atoms with Crippen LogP contribution in [-0.2, 0) is 5.75 Å². The van der Waals surface area contributed by atoms with E-state index < -0.39 is 5.82 Å². The summed E-state index contributed by atoms with van der Waals surface area (Å²) in [6.07, 6.45) is 0. The first-order chi connectivity index (χ1) is 13.5. The van der Waals surface area contributed by atoms with Crippen LogP contribution in [0.25, 0.3) is 16.6 Å². The van der Waals surface area contributed by atoms with Crippen molar-refractivity contribution in [1.29, 1.82) is 0 Å². The molecule has 1 heterocycles. The maximum Gasteiger partial charge on any atom is 0.266 e. The minimum Gasteiger partial charge on any atom is -0.268 e. The van der Waals surface area contributed by atoms with Gasteiger partial charge in [0.2, 0.25) is 0 Å². The standard InChI is InChI=1S/C21H13Cl2FN2OS/c22-14-3-1-13(2-4-14)12-28-21-25-19-10-7-16(24)11-18(19)20(27)26(21)17-8-5-15(23)6-9-17/h1-11H,12H2. The van der Waals surface area contributed by atoms with Gasteiger partial charge in [0.25, 0.3) is 5.56 Å². The van der Waals surface area contributed by atoms with Gasteiger partial charge in [-0.15, -0.1) is 0 Å². The van der Waals surface area contributed by atoms with E-state index in [-0.39, 0.29) is 10.9 Å². The van der Waals surface area contributed by atoms with E-state index in [1.807, 2.05) is 24.3 Å². The first kappa shape index (κ1) is 19.0. The van der Waals surface area contributed by atoms with Crippen molar-refractivity contribution < 1.29 is 4.39 Å². The van der Waals surface area contributed by atoms with Crippen molar-refractivity contribution in [2.45, 2.75) is 10.9 Å². The van der Waals surface area contributed by atoms with E-state index in [1.54, 1.807) is 24.3 Å². The predicted octanol–water partition coefficient (Wildman–Crippen LogP) is 6.12. The molecule has 0 saturated heterocycles. The quantitative estimate of drug-likeness (QED) is 0.288. The molecule has 0 aliphatic carbocycles. The zero-order valence-corrected chi connectivity index (χ0v) is 16.7. The summed E-state index contributed by atoms with van der Waals surface area (Å²) in [6, 6.07) is 18.4. The van der Waals surface area contributed by atoms with Gasteiger partial charge in [0.1, 0.15) is 5.82 Å². The van der Waals surface area contributed by atoms with Gasteiger partial charge in [-0.05, 0) is 60.2 Å². The minimum atomic E-state index is -0.476. The Labute approximate surface area is 174 Å². The van der Waals surface area contributed by atoms with E-state index in [9.17, 15) is 9.18 Å². The van der Waals surface area contributed by atoms with Crippen LogP contribution >= 0.6 is 35.0 Å². The highest BCUT2D eigenvalue weighted by Gasteiger charge is 2.14. The van der Waals surface area contributed by atoms with Crippen LogP contribution in [0.5, 0.6) is 0 Å². The predicted molar refractivity (Wildman–Crippen MR) is 113 cm³/mol. The highest BCUT2D eigenvalue weighted by Crippen LogP contribution is 2.26. The van der Waals surface area contributed by atoms with Crippen molar-refractivity contribution in [2.75, 3.05) is 0 Å². The molecule has 7 heteroatoms. The Morgan fingerprint density at radius 1 is 0.929 bits per heavy atom. The molecule has 0 aliphatic rings. The van der Waals surface area contributed by atoms with E-state index in [0.717, 1.165) is 5.56 Å². The van der Waals surface area contributed by atoms with Crippen molar-refractivity contribution in [3.8, 4) is 5.69 Å². The number of benzene rings is 3. The number of halogens is 3. The molecular formula is C21H13Cl2FN2OS. The largest absolute Gasteiger partial charge is 0.268 e. The Bertz CT molecular complexity index is 1210. The second kappa shape index (κ2) is 7.95. The summed E-state index contributed by atoms with van der Waals surface area (Å²) in [5.41, 5.74) is 1.79. The first-order valence-corrected chi connectivity index (χ1v) is 10.1. The number of aromatic nitrogens is 2. The molecule has 0 amide bonds. The molecule has 0 bridgehead atoms. The maximum atomic E-state index is 13.7. The molecule has 0 atom stereocenters. The van der Waals surface area contributed by atoms with Crippen molar-refractivity contribution >= 4 is 45.9 Å². The third kappa shape index (κ3) is 3.92. The van der Waals surface area contributed by atoms with Gasteiger partial charge in [-0.2, -0.15) is 0 Å². The van der Waals surface area contributed by atoms with Crippen LogP contribution in [0.2, 0.25) is 10.0 Å². The zero-order chi connectivity index (χ0) is 19.7. The molecule has 3 nitrogen and oxygen atoms in total. The fraction of sp³-hybridized carbons (Fsp3) is 0.0476. The number of rotatable bonds is 4. The van der Waals surface area contributed by atoms with Crippen LogP contribution < -0.4 is 5.56 Å². The van der Waals surface area contributed by atoms with Gasteiger partial charge in [-0.25, -0.2) is 9.37 Å². The lowest BCUT2D eigenvalue weighted by molar-refractivity contribution is 0.629. The van der Waals surface area contributed by atoms with E-state index in [2.05, 4.69) is 4.98 Å². The molecule has 0 aliphatic heterocycles. The molecule has 1 aromatic heterocycles. The van der Waals surface area contributed by atoms with Gasteiger partial charge in [0.15, 0.2) is 5.16 Å². The molecule has 140 valence electrons. The molecule has 4 aromatic rings. The summed E-state index contributed by atoms with van der Waals surface area (Å²) in [5, 5.41) is 1.97. The molecule has 3 aromatic carbocycles. The monoisotopic (exact) mass is 430 g/mol. The topological polar surface area (TPSA) is 34.9 Å². The van der Waals surface area contributed by atoms with Gasteiger partial charge in [0.05, 0.1) is 16.6 Å². The Hall–Kier alpha value is -2.34. The highest BCUT2D eigenvalue weighted by atomic mass is 35.5. The average Bonchev–Trinajstić information content (AvgIpc) is 2.69. The summed E-state index contributed by atoms with van der Waals surface area (Å²) >= 11 is 13.3. The average molecular weight is 431 g/mol. The van der Waals surface area contributed by atoms with Crippen molar-refractivity contribution in [2.24, 2.45) is 0 Å². The Morgan fingerprint density at radius 2 is 1.57 bits per heavy atom. The summed E-state index contributed by atoms with van der Waals surface area (Å²) in [5.74, 6) is 0.125. The summed E-state index contributed by atoms with van der Waals surface area (Å²) in [7, 11) is 0. The number of fused-ring (bicyclic) bond motifs is 1. The number of hydrogen-bond acceptors (Lipinski definition) is 3. The third-order valence-corrected chi connectivity index (χ3v) is 5.68. The maximum absolute atomic E-state index is 13.7. The second-order valence-electron chi connectivity index (χ2n) is 6.09. The van der Waals surface area contributed by atoms with Gasteiger partial charge in [0, 0.05) is 15.8 Å². The van der Waals surface area contributed by atoms with Crippen LogP contribution in [0, 0.1) is 5.82 Å². The first-order valence-electron chi connectivity index (χ1n) is 8.37. The molecule has 0 radical (unpaired) electrons. The Balaban J connectivity index is 1.84. The fourth-order valence-electron chi connectivity index (χ4n) is 2.78. The summed E-state index contributed by atoms with van der Waals surface area (Å²) in [6.45, 7) is 0. The van der Waals surface area contributed by atoms with Crippen LogP contribution in [0.3, 0.4) is 0 Å². The van der Waals surface area contributed by atoms with Crippen LogP contribution in [0.15, 0.2) is 76.7 Å². The number of thioether (sulfide) groups is 1. The van der Waals surface area contributed by atoms with Crippen LogP contribution in [0.1, 0.15) is 5.56 Å². The summed E-state index contributed by atoms with van der Waals surface area (Å²) < 4.78 is 15.2. The Kier molecular flexibility index (Phi) is 5.40. The van der Waals surface area contributed by atoms with E-state index in [1.165, 1.54) is 34.5 Å². The lowest BCUT2D eigenvalue weighted by Crippen LogP contribution is -2.21. The molecule has 0 saturated carbocycles. The lowest BCUT2D eigenvalue weighted by atomic mass is 10.2. The van der Waals surface area contributed by atoms with E-state index in [0.29, 0.717) is 32.2 Å². The smallest absolute Gasteiger partial charge is 0.266 e. The molecule has 0 N–H and O–H groups in total. The lowest BCUT2D eigenvalue weighted by Gasteiger charge is -2.13. The van der Waals surface area contributed by atoms with Crippen molar-refractivity contribution in [1.82, 2.24) is 9.55 Å². The molecule has 4 rings (SSSR count). The normalized spacial score (nSPS) is 11.1. The fourth-order valence-corrected chi connectivity index (χ4v) is 4.00. The molecule has 0 fully saturated rings. The molecular weight excluding hydrogens is 418 g/mol. The molecule has 0 spiro atoms. The van der Waals surface area contributed by atoms with Crippen molar-refractivity contribution in [3.05, 3.63) is 98.5 Å². The van der Waals surface area contributed by atoms with Crippen molar-refractivity contribution in [3.63, 3.8) is 0 Å². The van der Waals surface area contributed by atoms with E-state index in [4.69, 9.17) is 23.2 Å². The van der Waals surface area contributed by atoms with Gasteiger partial charge < -0.3 is 0 Å². The molecule has 28 heavy (non-hydrogen) atoms. The van der Waals surface area contributed by atoms with E-state index >= 15 is 0 Å². The highest BCUT2D eigenvalue weighted by molar-refractivity contribution is 7.98. The third-order valence-electron chi connectivity index (χ3n) is 4.17. The molecule has 0 unspecified atom stereocenters. The van der Waals surface area contributed by atoms with Gasteiger partial charge in [-0.1, -0.05) is 47.1 Å². The second-order valence-corrected chi connectivity index (χ2v) is 7.90. The SMILES string of the molecule is O=c1c2cc(F)ccc2nc(SCc2ccc(Cl)cc2)n1-c1ccc(Cl)cc1. The zero-order valence-electron chi connectivity index (χ0n) is 14.4.